The molecule has 0 amide bonds. The molecule has 60 valence electrons. The van der Waals surface area contributed by atoms with Gasteiger partial charge in [-0.1, -0.05) is 23.7 Å². The second-order valence-corrected chi connectivity index (χ2v) is 3.00. The predicted octanol–water partition coefficient (Wildman–Crippen LogP) is 2.62. The molecule has 1 aromatic carbocycles. The third-order valence-electron chi connectivity index (χ3n) is 1.80. The minimum atomic E-state index is 0.396. The molecule has 11 heavy (non-hydrogen) atoms. The van der Waals surface area contributed by atoms with Gasteiger partial charge in [0.2, 0.25) is 0 Å². The van der Waals surface area contributed by atoms with Gasteiger partial charge in [-0.3, -0.25) is 0 Å². The average molecular weight is 170 g/mol. The fourth-order valence-corrected chi connectivity index (χ4v) is 1.04. The fraction of sp³-hybridized carbons (Fsp3) is 0.333. The molecule has 0 saturated heterocycles. The topological polar surface area (TPSA) is 12.0 Å². The molecule has 1 rings (SSSR count). The van der Waals surface area contributed by atoms with Crippen molar-refractivity contribution in [1.82, 2.24) is 5.32 Å². The molecule has 0 heterocycles. The van der Waals surface area contributed by atoms with Crippen molar-refractivity contribution in [2.24, 2.45) is 0 Å². The standard InChI is InChI=1S/C9H12ClN/c1-7(11-2)8-3-5-9(10)6-4-8/h3-7,11H,1-2H3. The summed E-state index contributed by atoms with van der Waals surface area (Å²) in [5.74, 6) is 0. The summed E-state index contributed by atoms with van der Waals surface area (Å²) in [5.41, 5.74) is 1.26. The molecule has 0 radical (unpaired) electrons. The third kappa shape index (κ3) is 2.21. The first-order valence-corrected chi connectivity index (χ1v) is 4.04. The first kappa shape index (κ1) is 8.57. The van der Waals surface area contributed by atoms with Crippen molar-refractivity contribution >= 4 is 11.6 Å². The van der Waals surface area contributed by atoms with Crippen LogP contribution in [0, 0.1) is 0 Å². The van der Waals surface area contributed by atoms with Crippen molar-refractivity contribution in [2.75, 3.05) is 7.05 Å². The Morgan fingerprint density at radius 2 is 1.82 bits per heavy atom. The maximum absolute atomic E-state index is 5.74. The van der Waals surface area contributed by atoms with Crippen molar-refractivity contribution < 1.29 is 0 Å². The summed E-state index contributed by atoms with van der Waals surface area (Å²) in [6, 6.07) is 8.27. The van der Waals surface area contributed by atoms with E-state index in [9.17, 15) is 0 Å². The van der Waals surface area contributed by atoms with E-state index in [0.717, 1.165) is 5.02 Å². The summed E-state index contributed by atoms with van der Waals surface area (Å²) >= 11 is 5.74. The summed E-state index contributed by atoms with van der Waals surface area (Å²) < 4.78 is 0. The summed E-state index contributed by atoms with van der Waals surface area (Å²) in [4.78, 5) is 0. The van der Waals surface area contributed by atoms with Crippen LogP contribution in [0.1, 0.15) is 18.5 Å². The number of rotatable bonds is 2. The largest absolute Gasteiger partial charge is 0.313 e. The Bertz CT molecular complexity index is 218. The van der Waals surface area contributed by atoms with Crippen LogP contribution in [0.25, 0.3) is 0 Å². The molecule has 1 unspecified atom stereocenters. The van der Waals surface area contributed by atoms with Crippen molar-refractivity contribution in [2.45, 2.75) is 13.0 Å². The summed E-state index contributed by atoms with van der Waals surface area (Å²) in [7, 11) is 1.94. The van der Waals surface area contributed by atoms with Gasteiger partial charge in [0, 0.05) is 11.1 Å². The van der Waals surface area contributed by atoms with Crippen LogP contribution in [0.15, 0.2) is 24.3 Å². The maximum atomic E-state index is 5.74. The quantitative estimate of drug-likeness (QED) is 0.718. The van der Waals surface area contributed by atoms with Gasteiger partial charge in [0.1, 0.15) is 0 Å². The maximum Gasteiger partial charge on any atom is 0.0406 e. The molecule has 0 aliphatic carbocycles. The Labute approximate surface area is 72.4 Å². The van der Waals surface area contributed by atoms with E-state index < -0.39 is 0 Å². The minimum absolute atomic E-state index is 0.396. The first-order valence-electron chi connectivity index (χ1n) is 3.67. The summed E-state index contributed by atoms with van der Waals surface area (Å²) in [6.45, 7) is 2.11. The van der Waals surface area contributed by atoms with Gasteiger partial charge in [-0.15, -0.1) is 0 Å². The molecular weight excluding hydrogens is 158 g/mol. The molecule has 0 aliphatic rings. The monoisotopic (exact) mass is 169 g/mol. The highest BCUT2D eigenvalue weighted by atomic mass is 35.5. The molecule has 0 fully saturated rings. The highest BCUT2D eigenvalue weighted by molar-refractivity contribution is 6.30. The Morgan fingerprint density at radius 3 is 2.27 bits per heavy atom. The van der Waals surface area contributed by atoms with Crippen LogP contribution in [0.4, 0.5) is 0 Å². The number of benzene rings is 1. The van der Waals surface area contributed by atoms with Gasteiger partial charge >= 0.3 is 0 Å². The van der Waals surface area contributed by atoms with Gasteiger partial charge in [0.15, 0.2) is 0 Å². The summed E-state index contributed by atoms with van der Waals surface area (Å²) in [5, 5.41) is 3.95. The van der Waals surface area contributed by atoms with Gasteiger partial charge in [-0.25, -0.2) is 0 Å². The molecule has 1 aromatic rings. The number of hydrogen-bond acceptors (Lipinski definition) is 1. The number of halogens is 1. The number of nitrogens with one attached hydrogen (secondary N) is 1. The molecule has 0 saturated carbocycles. The van der Waals surface area contributed by atoms with Crippen molar-refractivity contribution in [1.29, 1.82) is 0 Å². The van der Waals surface area contributed by atoms with Crippen LogP contribution in [0.2, 0.25) is 5.02 Å². The van der Waals surface area contributed by atoms with E-state index in [1.54, 1.807) is 0 Å². The SMILES string of the molecule is CNC(C)c1ccc(Cl)cc1. The molecule has 1 N–H and O–H groups in total. The van der Waals surface area contributed by atoms with E-state index in [-0.39, 0.29) is 0 Å². The normalized spacial score (nSPS) is 13.0. The Balaban J connectivity index is 2.81. The lowest BCUT2D eigenvalue weighted by atomic mass is 10.1. The Kier molecular flexibility index (Phi) is 2.92. The second kappa shape index (κ2) is 3.74. The molecule has 0 aliphatic heterocycles. The molecular formula is C9H12ClN. The molecule has 0 bridgehead atoms. The summed E-state index contributed by atoms with van der Waals surface area (Å²) in [6.07, 6.45) is 0. The fourth-order valence-electron chi connectivity index (χ4n) is 0.918. The van der Waals surface area contributed by atoms with Crippen LogP contribution in [-0.4, -0.2) is 7.05 Å². The van der Waals surface area contributed by atoms with Crippen molar-refractivity contribution in [3.63, 3.8) is 0 Å². The highest BCUT2D eigenvalue weighted by Crippen LogP contribution is 2.14. The predicted molar refractivity (Wildman–Crippen MR) is 48.9 cm³/mol. The Hall–Kier alpha value is -0.530. The lowest BCUT2D eigenvalue weighted by Gasteiger charge is -2.09. The molecule has 2 heteroatoms. The lowest BCUT2D eigenvalue weighted by molar-refractivity contribution is 0.652. The van der Waals surface area contributed by atoms with Crippen LogP contribution in [0.3, 0.4) is 0 Å². The Morgan fingerprint density at radius 1 is 1.27 bits per heavy atom. The van der Waals surface area contributed by atoms with Crippen LogP contribution >= 0.6 is 11.6 Å². The van der Waals surface area contributed by atoms with Crippen LogP contribution in [-0.2, 0) is 0 Å². The lowest BCUT2D eigenvalue weighted by Crippen LogP contribution is -2.11. The zero-order valence-corrected chi connectivity index (χ0v) is 7.52. The molecule has 0 aromatic heterocycles. The zero-order chi connectivity index (χ0) is 8.27. The van der Waals surface area contributed by atoms with Gasteiger partial charge < -0.3 is 5.32 Å². The zero-order valence-electron chi connectivity index (χ0n) is 6.76. The van der Waals surface area contributed by atoms with E-state index >= 15 is 0 Å². The van der Waals surface area contributed by atoms with Crippen molar-refractivity contribution in [3.05, 3.63) is 34.9 Å². The van der Waals surface area contributed by atoms with Crippen molar-refractivity contribution in [3.8, 4) is 0 Å². The molecule has 0 spiro atoms. The smallest absolute Gasteiger partial charge is 0.0406 e. The van der Waals surface area contributed by atoms with E-state index in [0.29, 0.717) is 6.04 Å². The van der Waals surface area contributed by atoms with Gasteiger partial charge in [-0.05, 0) is 31.7 Å². The minimum Gasteiger partial charge on any atom is -0.313 e. The van der Waals surface area contributed by atoms with E-state index in [2.05, 4.69) is 12.2 Å². The highest BCUT2D eigenvalue weighted by Gasteiger charge is 1.99. The first-order chi connectivity index (χ1) is 5.24. The molecule has 1 atom stereocenters. The van der Waals surface area contributed by atoms with Crippen LogP contribution < -0.4 is 5.32 Å². The average Bonchev–Trinajstić information content (AvgIpc) is 2.05. The van der Waals surface area contributed by atoms with Gasteiger partial charge in [0.25, 0.3) is 0 Å². The van der Waals surface area contributed by atoms with E-state index in [1.165, 1.54) is 5.56 Å². The number of hydrogen-bond donors (Lipinski definition) is 1. The second-order valence-electron chi connectivity index (χ2n) is 2.56. The van der Waals surface area contributed by atoms with E-state index in [1.807, 2.05) is 31.3 Å². The van der Waals surface area contributed by atoms with Gasteiger partial charge in [0.05, 0.1) is 0 Å². The molecule has 1 nitrogen and oxygen atoms in total. The van der Waals surface area contributed by atoms with Crippen LogP contribution in [0.5, 0.6) is 0 Å². The van der Waals surface area contributed by atoms with E-state index in [4.69, 9.17) is 11.6 Å². The third-order valence-corrected chi connectivity index (χ3v) is 2.05. The van der Waals surface area contributed by atoms with Gasteiger partial charge in [-0.2, -0.15) is 0 Å².